The minimum Gasteiger partial charge on any atom is -0.493 e. The summed E-state index contributed by atoms with van der Waals surface area (Å²) in [6.07, 6.45) is 0. The first-order valence-electron chi connectivity index (χ1n) is 8.09. The molecule has 0 heterocycles. The smallest absolute Gasteiger partial charge is 0.313 e. The molecule has 2 aromatic rings. The molecule has 0 aliphatic carbocycles. The first-order valence-corrected chi connectivity index (χ1v) is 8.09. The topological polar surface area (TPSA) is 120 Å². The van der Waals surface area contributed by atoms with Gasteiger partial charge in [-0.15, -0.1) is 0 Å². The van der Waals surface area contributed by atoms with Crippen molar-refractivity contribution in [3.8, 4) is 11.5 Å². The Balaban J connectivity index is 2.01. The number of benzene rings is 2. The molecule has 1 atom stereocenters. The van der Waals surface area contributed by atoms with Crippen LogP contribution in [0.15, 0.2) is 42.5 Å². The lowest BCUT2D eigenvalue weighted by Gasteiger charge is -2.16. The van der Waals surface area contributed by atoms with Crippen molar-refractivity contribution < 1.29 is 23.9 Å². The van der Waals surface area contributed by atoms with Gasteiger partial charge in [-0.1, -0.05) is 6.07 Å². The molecule has 2 aromatic carbocycles. The second-order valence-corrected chi connectivity index (χ2v) is 5.71. The highest BCUT2D eigenvalue weighted by Crippen LogP contribution is 2.29. The first-order chi connectivity index (χ1) is 12.8. The van der Waals surface area contributed by atoms with Gasteiger partial charge in [-0.2, -0.15) is 0 Å². The van der Waals surface area contributed by atoms with Crippen LogP contribution in [0.25, 0.3) is 0 Å². The second-order valence-electron chi connectivity index (χ2n) is 5.71. The summed E-state index contributed by atoms with van der Waals surface area (Å²) in [7, 11) is 3.05. The predicted molar refractivity (Wildman–Crippen MR) is 99.7 cm³/mol. The number of methoxy groups -OCH3 is 2. The van der Waals surface area contributed by atoms with Gasteiger partial charge in [0.1, 0.15) is 0 Å². The molecule has 2 rings (SSSR count). The van der Waals surface area contributed by atoms with Crippen LogP contribution < -0.4 is 25.8 Å². The maximum absolute atomic E-state index is 12.1. The van der Waals surface area contributed by atoms with E-state index in [1.165, 1.54) is 38.5 Å². The van der Waals surface area contributed by atoms with Crippen molar-refractivity contribution in [2.24, 2.45) is 5.73 Å². The summed E-state index contributed by atoms with van der Waals surface area (Å²) in [4.78, 5) is 35.2. The van der Waals surface area contributed by atoms with Crippen LogP contribution in [0.3, 0.4) is 0 Å². The van der Waals surface area contributed by atoms with E-state index in [1.54, 1.807) is 25.1 Å². The van der Waals surface area contributed by atoms with Crippen LogP contribution in [0.1, 0.15) is 28.9 Å². The summed E-state index contributed by atoms with van der Waals surface area (Å²) < 4.78 is 10.4. The number of amides is 3. The van der Waals surface area contributed by atoms with Gasteiger partial charge in [0.25, 0.3) is 0 Å². The van der Waals surface area contributed by atoms with Gasteiger partial charge in [-0.05, 0) is 48.9 Å². The number of ether oxygens (including phenoxy) is 2. The zero-order chi connectivity index (χ0) is 20.0. The van der Waals surface area contributed by atoms with Crippen molar-refractivity contribution in [2.75, 3.05) is 19.5 Å². The number of hydrogen-bond acceptors (Lipinski definition) is 5. The Labute approximate surface area is 156 Å². The lowest BCUT2D eigenvalue weighted by Crippen LogP contribution is -2.36. The Morgan fingerprint density at radius 2 is 1.56 bits per heavy atom. The lowest BCUT2D eigenvalue weighted by atomic mass is 10.1. The maximum Gasteiger partial charge on any atom is 0.313 e. The highest BCUT2D eigenvalue weighted by atomic mass is 16.5. The van der Waals surface area contributed by atoms with Crippen LogP contribution >= 0.6 is 0 Å². The first kappa shape index (κ1) is 19.8. The normalized spacial score (nSPS) is 11.2. The predicted octanol–water partition coefficient (Wildman–Crippen LogP) is 1.62. The molecule has 142 valence electrons. The van der Waals surface area contributed by atoms with Crippen LogP contribution in [0, 0.1) is 0 Å². The molecule has 4 N–H and O–H groups in total. The number of nitrogens with two attached hydrogens (primary N) is 1. The fourth-order valence-electron chi connectivity index (χ4n) is 2.37. The van der Waals surface area contributed by atoms with Gasteiger partial charge < -0.3 is 25.8 Å². The minimum atomic E-state index is -0.825. The summed E-state index contributed by atoms with van der Waals surface area (Å²) in [5.74, 6) is -1.10. The Bertz CT molecular complexity index is 849. The van der Waals surface area contributed by atoms with Crippen molar-refractivity contribution >= 4 is 23.4 Å². The summed E-state index contributed by atoms with van der Waals surface area (Å²) in [6.45, 7) is 1.74. The van der Waals surface area contributed by atoms with E-state index in [1.807, 2.05) is 0 Å². The average molecular weight is 371 g/mol. The van der Waals surface area contributed by atoms with Crippen molar-refractivity contribution in [3.05, 3.63) is 53.6 Å². The van der Waals surface area contributed by atoms with Crippen LogP contribution in [0.5, 0.6) is 11.5 Å². The summed E-state index contributed by atoms with van der Waals surface area (Å²) in [5.41, 5.74) is 6.58. The van der Waals surface area contributed by atoms with Crippen molar-refractivity contribution in [1.82, 2.24) is 5.32 Å². The number of primary amides is 1. The molecular formula is C19H21N3O5. The fourth-order valence-corrected chi connectivity index (χ4v) is 2.37. The van der Waals surface area contributed by atoms with E-state index in [9.17, 15) is 14.4 Å². The van der Waals surface area contributed by atoms with E-state index in [-0.39, 0.29) is 0 Å². The van der Waals surface area contributed by atoms with Crippen molar-refractivity contribution in [1.29, 1.82) is 0 Å². The van der Waals surface area contributed by atoms with Crippen LogP contribution in [0.2, 0.25) is 0 Å². The molecule has 8 heteroatoms. The highest BCUT2D eigenvalue weighted by Gasteiger charge is 2.18. The number of anilines is 1. The zero-order valence-corrected chi connectivity index (χ0v) is 15.2. The Hall–Kier alpha value is -3.55. The second kappa shape index (κ2) is 8.70. The van der Waals surface area contributed by atoms with E-state index < -0.39 is 23.8 Å². The molecule has 0 saturated heterocycles. The number of carbonyl (C=O) groups excluding carboxylic acids is 3. The molecule has 8 nitrogen and oxygen atoms in total. The van der Waals surface area contributed by atoms with E-state index in [4.69, 9.17) is 15.2 Å². The van der Waals surface area contributed by atoms with Gasteiger partial charge in [0.05, 0.1) is 20.3 Å². The molecule has 0 radical (unpaired) electrons. The number of nitrogens with one attached hydrogen (secondary N) is 2. The quantitative estimate of drug-likeness (QED) is 0.667. The third kappa shape index (κ3) is 4.97. The average Bonchev–Trinajstić information content (AvgIpc) is 2.67. The molecule has 0 spiro atoms. The largest absolute Gasteiger partial charge is 0.493 e. The van der Waals surface area contributed by atoms with Gasteiger partial charge in [-0.3, -0.25) is 14.4 Å². The monoisotopic (exact) mass is 371 g/mol. The van der Waals surface area contributed by atoms with Crippen LogP contribution in [0.4, 0.5) is 5.69 Å². The molecule has 0 aliphatic rings. The van der Waals surface area contributed by atoms with E-state index in [2.05, 4.69) is 10.6 Å². The van der Waals surface area contributed by atoms with Crippen LogP contribution in [-0.2, 0) is 9.59 Å². The molecule has 1 unspecified atom stereocenters. The SMILES string of the molecule is COc1ccc(C(C)NC(=O)C(=O)Nc2ccc(C(N)=O)cc2)cc1OC. The lowest BCUT2D eigenvalue weighted by molar-refractivity contribution is -0.136. The molecule has 0 aromatic heterocycles. The van der Waals surface area contributed by atoms with E-state index in [0.717, 1.165) is 5.56 Å². The Kier molecular flexibility index (Phi) is 6.37. The Morgan fingerprint density at radius 3 is 2.11 bits per heavy atom. The molecule has 0 fully saturated rings. The van der Waals surface area contributed by atoms with Gasteiger partial charge in [0.2, 0.25) is 5.91 Å². The maximum atomic E-state index is 12.1. The van der Waals surface area contributed by atoms with Gasteiger partial charge in [0.15, 0.2) is 11.5 Å². The molecule has 0 bridgehead atoms. The molecule has 0 aliphatic heterocycles. The van der Waals surface area contributed by atoms with Gasteiger partial charge in [0, 0.05) is 11.3 Å². The third-order valence-electron chi connectivity index (χ3n) is 3.89. The summed E-state index contributed by atoms with van der Waals surface area (Å²) in [6, 6.07) is 10.7. The van der Waals surface area contributed by atoms with Gasteiger partial charge in [-0.25, -0.2) is 0 Å². The highest BCUT2D eigenvalue weighted by molar-refractivity contribution is 6.39. The van der Waals surface area contributed by atoms with E-state index in [0.29, 0.717) is 22.7 Å². The molecule has 3 amide bonds. The number of rotatable bonds is 6. The molecule has 27 heavy (non-hydrogen) atoms. The summed E-state index contributed by atoms with van der Waals surface area (Å²) >= 11 is 0. The number of carbonyl (C=O) groups is 3. The zero-order valence-electron chi connectivity index (χ0n) is 15.2. The van der Waals surface area contributed by atoms with Gasteiger partial charge >= 0.3 is 11.8 Å². The van der Waals surface area contributed by atoms with Crippen molar-refractivity contribution in [3.63, 3.8) is 0 Å². The van der Waals surface area contributed by atoms with Crippen LogP contribution in [-0.4, -0.2) is 31.9 Å². The molecular weight excluding hydrogens is 350 g/mol. The van der Waals surface area contributed by atoms with Crippen molar-refractivity contribution in [2.45, 2.75) is 13.0 Å². The van der Waals surface area contributed by atoms with E-state index >= 15 is 0 Å². The third-order valence-corrected chi connectivity index (χ3v) is 3.89. The minimum absolute atomic E-state index is 0.305. The number of hydrogen-bond donors (Lipinski definition) is 3. The summed E-state index contributed by atoms with van der Waals surface area (Å²) in [5, 5.41) is 5.07. The Morgan fingerprint density at radius 1 is 0.926 bits per heavy atom. The molecule has 0 saturated carbocycles. The fraction of sp³-hybridized carbons (Fsp3) is 0.211. The standard InChI is InChI=1S/C19H21N3O5/c1-11(13-6-9-15(26-2)16(10-13)27-3)21-18(24)19(25)22-14-7-4-12(5-8-14)17(20)23/h4-11H,1-3H3,(H2,20,23)(H,21,24)(H,22,25).